The molecule has 2 heterocycles. The number of imidazole rings is 1. The van der Waals surface area contributed by atoms with Crippen molar-refractivity contribution in [1.29, 1.82) is 0 Å². The highest BCUT2D eigenvalue weighted by molar-refractivity contribution is 7.90. The topological polar surface area (TPSA) is 55.0 Å². The monoisotopic (exact) mass is 367 g/mol. The third kappa shape index (κ3) is 3.10. The zero-order chi connectivity index (χ0) is 18.3. The molecule has 136 valence electrons. The molecular weight excluding hydrogens is 342 g/mol. The lowest BCUT2D eigenvalue weighted by atomic mass is 9.98. The van der Waals surface area contributed by atoms with Crippen molar-refractivity contribution in [2.45, 2.75) is 44.5 Å². The third-order valence-corrected chi connectivity index (χ3v) is 6.38. The Hall–Kier alpha value is -1.98. The molecule has 26 heavy (non-hydrogen) atoms. The molecule has 5 heteroatoms. The molecule has 0 amide bonds. The zero-order valence-electron chi connectivity index (χ0n) is 15.6. The Labute approximate surface area is 157 Å². The molecule has 4 nitrogen and oxygen atoms in total. The van der Waals surface area contributed by atoms with Crippen LogP contribution in [0.1, 0.15) is 35.6 Å². The minimum Gasteiger partial charge on any atom is -0.609 e. The lowest BCUT2D eigenvalue weighted by Crippen LogP contribution is -2.30. The number of hydrogen-bond donors (Lipinski definition) is 1. The van der Waals surface area contributed by atoms with Gasteiger partial charge in [-0.25, -0.2) is 0 Å². The fourth-order valence-corrected chi connectivity index (χ4v) is 5.09. The van der Waals surface area contributed by atoms with Crippen LogP contribution in [0.4, 0.5) is 5.69 Å². The van der Waals surface area contributed by atoms with Crippen LogP contribution in [0, 0.1) is 13.8 Å². The molecule has 1 aromatic heterocycles. The van der Waals surface area contributed by atoms with Gasteiger partial charge in [0.15, 0.2) is 0 Å². The molecule has 1 aliphatic heterocycles. The molecule has 0 saturated heterocycles. The Bertz CT molecular complexity index is 950. The largest absolute Gasteiger partial charge is 0.609 e. The number of nitrogens with zero attached hydrogens (tertiary/aromatic N) is 2. The molecular formula is C21H25N3OS. The van der Waals surface area contributed by atoms with Gasteiger partial charge in [0.25, 0.3) is 0 Å². The summed E-state index contributed by atoms with van der Waals surface area (Å²) in [4.78, 5) is 10.3. The van der Waals surface area contributed by atoms with Gasteiger partial charge in [-0.15, -0.1) is 0 Å². The summed E-state index contributed by atoms with van der Waals surface area (Å²) < 4.78 is 13.1. The van der Waals surface area contributed by atoms with Gasteiger partial charge in [0.1, 0.15) is 5.75 Å². The molecule has 1 atom stereocenters. The van der Waals surface area contributed by atoms with Crippen molar-refractivity contribution < 1.29 is 4.55 Å². The van der Waals surface area contributed by atoms with Crippen molar-refractivity contribution in [3.05, 3.63) is 52.6 Å². The molecule has 1 N–H and O–H groups in total. The van der Waals surface area contributed by atoms with Gasteiger partial charge in [0.2, 0.25) is 0 Å². The van der Waals surface area contributed by atoms with Crippen molar-refractivity contribution in [3.8, 4) is 0 Å². The SMILES string of the molecule is CCN1CCCc2cccc(C[S+]([O-])c3nc4c(C)cc(C)cc4[nH]3)c21. The molecule has 0 fully saturated rings. The minimum absolute atomic E-state index is 0.498. The van der Waals surface area contributed by atoms with Gasteiger partial charge in [-0.1, -0.05) is 24.3 Å². The Morgan fingerprint density at radius 1 is 1.27 bits per heavy atom. The van der Waals surface area contributed by atoms with Crippen molar-refractivity contribution in [1.82, 2.24) is 9.97 Å². The minimum atomic E-state index is -1.19. The van der Waals surface area contributed by atoms with Crippen molar-refractivity contribution in [2.24, 2.45) is 0 Å². The van der Waals surface area contributed by atoms with E-state index in [1.54, 1.807) is 0 Å². The molecule has 0 bridgehead atoms. The standard InChI is InChI=1S/C21H25N3OS/c1-4-24-10-6-9-16-7-5-8-17(20(16)24)13-26(25)21-22-18-12-14(2)11-15(3)19(18)23-21/h5,7-8,11-12H,4,6,9-10,13H2,1-3H3,(H,22,23). The number of para-hydroxylation sites is 1. The van der Waals surface area contributed by atoms with Crippen LogP contribution in [-0.4, -0.2) is 27.6 Å². The Morgan fingerprint density at radius 3 is 2.92 bits per heavy atom. The van der Waals surface area contributed by atoms with E-state index in [0.717, 1.165) is 41.7 Å². The van der Waals surface area contributed by atoms with E-state index in [1.807, 2.05) is 0 Å². The number of hydrogen-bond acceptors (Lipinski definition) is 3. The lowest BCUT2D eigenvalue weighted by molar-refractivity contribution is 0.587. The van der Waals surface area contributed by atoms with E-state index in [0.29, 0.717) is 10.9 Å². The fraction of sp³-hybridized carbons (Fsp3) is 0.381. The maximum atomic E-state index is 13.1. The second kappa shape index (κ2) is 6.97. The van der Waals surface area contributed by atoms with Crippen LogP contribution >= 0.6 is 0 Å². The summed E-state index contributed by atoms with van der Waals surface area (Å²) in [5.41, 5.74) is 8.03. The second-order valence-corrected chi connectivity index (χ2v) is 8.48. The van der Waals surface area contributed by atoms with E-state index in [-0.39, 0.29) is 0 Å². The molecule has 1 unspecified atom stereocenters. The van der Waals surface area contributed by atoms with Crippen molar-refractivity contribution >= 4 is 27.9 Å². The maximum absolute atomic E-state index is 13.1. The molecule has 0 radical (unpaired) electrons. The smallest absolute Gasteiger partial charge is 0.321 e. The van der Waals surface area contributed by atoms with Gasteiger partial charge in [0.05, 0.1) is 11.0 Å². The molecule has 0 spiro atoms. The number of benzene rings is 2. The number of nitrogens with one attached hydrogen (secondary N) is 1. The van der Waals surface area contributed by atoms with Gasteiger partial charge in [-0.05, 0) is 56.4 Å². The number of aromatic amines is 1. The average Bonchev–Trinajstić information content (AvgIpc) is 3.06. The molecule has 0 aliphatic carbocycles. The first-order valence-electron chi connectivity index (χ1n) is 9.28. The maximum Gasteiger partial charge on any atom is 0.321 e. The highest BCUT2D eigenvalue weighted by Gasteiger charge is 2.24. The van der Waals surface area contributed by atoms with Crippen LogP contribution in [0.15, 0.2) is 35.5 Å². The lowest BCUT2D eigenvalue weighted by Gasteiger charge is -2.32. The number of aromatic nitrogens is 2. The third-order valence-electron chi connectivity index (χ3n) is 5.18. The highest BCUT2D eigenvalue weighted by atomic mass is 32.2. The molecule has 4 rings (SSSR count). The molecule has 1 aliphatic rings. The van der Waals surface area contributed by atoms with Crippen molar-refractivity contribution in [3.63, 3.8) is 0 Å². The van der Waals surface area contributed by atoms with E-state index in [4.69, 9.17) is 0 Å². The first-order chi connectivity index (χ1) is 12.6. The molecule has 3 aromatic rings. The van der Waals surface area contributed by atoms with Crippen LogP contribution in [0.3, 0.4) is 0 Å². The summed E-state index contributed by atoms with van der Waals surface area (Å²) in [6.45, 7) is 8.37. The number of H-pyrrole nitrogens is 1. The van der Waals surface area contributed by atoms with E-state index in [1.165, 1.54) is 23.2 Å². The molecule has 2 aromatic carbocycles. The van der Waals surface area contributed by atoms with Crippen molar-refractivity contribution in [2.75, 3.05) is 18.0 Å². The number of anilines is 1. The summed E-state index contributed by atoms with van der Waals surface area (Å²) in [5.74, 6) is 0.498. The predicted octanol–water partition coefficient (Wildman–Crippen LogP) is 4.26. The first kappa shape index (κ1) is 17.4. The predicted molar refractivity (Wildman–Crippen MR) is 108 cm³/mol. The zero-order valence-corrected chi connectivity index (χ0v) is 16.4. The first-order valence-corrected chi connectivity index (χ1v) is 10.6. The van der Waals surface area contributed by atoms with Gasteiger partial charge in [-0.2, -0.15) is 4.98 Å². The van der Waals surface area contributed by atoms with Gasteiger partial charge >= 0.3 is 5.16 Å². The van der Waals surface area contributed by atoms with Gasteiger partial charge in [0, 0.05) is 35.5 Å². The van der Waals surface area contributed by atoms with E-state index >= 15 is 0 Å². The quantitative estimate of drug-likeness (QED) is 0.701. The van der Waals surface area contributed by atoms with Crippen LogP contribution in [0.25, 0.3) is 11.0 Å². The van der Waals surface area contributed by atoms with Crippen LogP contribution in [0.2, 0.25) is 0 Å². The van der Waals surface area contributed by atoms with Crippen LogP contribution < -0.4 is 4.90 Å². The van der Waals surface area contributed by atoms with Crippen LogP contribution in [-0.2, 0) is 23.3 Å². The van der Waals surface area contributed by atoms with E-state index in [9.17, 15) is 4.55 Å². The summed E-state index contributed by atoms with van der Waals surface area (Å²) in [6.07, 6.45) is 2.30. The average molecular weight is 368 g/mol. The van der Waals surface area contributed by atoms with Gasteiger partial charge in [-0.3, -0.25) is 4.98 Å². The highest BCUT2D eigenvalue weighted by Crippen LogP contribution is 2.33. The summed E-state index contributed by atoms with van der Waals surface area (Å²) >= 11 is -1.19. The summed E-state index contributed by atoms with van der Waals surface area (Å²) in [6, 6.07) is 10.6. The number of fused-ring (bicyclic) bond motifs is 2. The summed E-state index contributed by atoms with van der Waals surface area (Å²) in [5, 5.41) is 0.574. The number of rotatable bonds is 4. The summed E-state index contributed by atoms with van der Waals surface area (Å²) in [7, 11) is 0. The van der Waals surface area contributed by atoms with E-state index in [2.05, 4.69) is 66.0 Å². The Balaban J connectivity index is 1.67. The van der Waals surface area contributed by atoms with Crippen LogP contribution in [0.5, 0.6) is 0 Å². The molecule has 0 saturated carbocycles. The number of aryl methyl sites for hydroxylation is 3. The van der Waals surface area contributed by atoms with Gasteiger partial charge < -0.3 is 9.45 Å². The fourth-order valence-electron chi connectivity index (χ4n) is 4.02. The Morgan fingerprint density at radius 2 is 2.12 bits per heavy atom. The second-order valence-electron chi connectivity index (χ2n) is 7.12. The normalized spacial score (nSPS) is 15.3. The Kier molecular flexibility index (Phi) is 4.67. The van der Waals surface area contributed by atoms with E-state index < -0.39 is 11.2 Å².